The second kappa shape index (κ2) is 29.2. The second-order valence-electron chi connectivity index (χ2n) is 4.35. The number of hydrogen-bond donors (Lipinski definition) is 0. The Hall–Kier alpha value is -0.520. The highest BCUT2D eigenvalue weighted by Gasteiger charge is 1.68. The van der Waals surface area contributed by atoms with Crippen molar-refractivity contribution in [3.05, 3.63) is 24.8 Å². The van der Waals surface area contributed by atoms with Crippen molar-refractivity contribution in [1.82, 2.24) is 0 Å². The summed E-state index contributed by atoms with van der Waals surface area (Å²) in [6.07, 6.45) is 4.39. The van der Waals surface area contributed by atoms with Crippen molar-refractivity contribution in [3.63, 3.8) is 0 Å². The van der Waals surface area contributed by atoms with Crippen molar-refractivity contribution in [2.24, 2.45) is 5.92 Å². The molecule has 0 bridgehead atoms. The van der Waals surface area contributed by atoms with Crippen LogP contribution in [-0.4, -0.2) is 0 Å². The Kier molecular flexibility index (Phi) is 46.6. The Morgan fingerprint density at radius 3 is 1.13 bits per heavy atom. The molecule has 0 aromatic carbocycles. The Balaban J connectivity index is -0.0000000542. The molecule has 15 heavy (non-hydrogen) atoms. The Morgan fingerprint density at radius 1 is 1.07 bits per heavy atom. The van der Waals surface area contributed by atoms with E-state index >= 15 is 0 Å². The van der Waals surface area contributed by atoms with Crippen LogP contribution in [0.3, 0.4) is 0 Å². The predicted molar refractivity (Wildman–Crippen MR) is 77.5 cm³/mol. The predicted octanol–water partition coefficient (Wildman–Crippen LogP) is 6.24. The minimum Gasteiger partial charge on any atom is -0.103 e. The molecule has 0 saturated heterocycles. The van der Waals surface area contributed by atoms with Crippen LogP contribution in [0.2, 0.25) is 0 Å². The lowest BCUT2D eigenvalue weighted by Gasteiger charge is -1.79. The van der Waals surface area contributed by atoms with E-state index < -0.39 is 0 Å². The van der Waals surface area contributed by atoms with E-state index in [9.17, 15) is 0 Å². The Bertz CT molecular complexity index is 89.9. The summed E-state index contributed by atoms with van der Waals surface area (Å²) in [6, 6.07) is 0. The molecule has 0 radical (unpaired) electrons. The van der Waals surface area contributed by atoms with Crippen molar-refractivity contribution < 1.29 is 0 Å². The summed E-state index contributed by atoms with van der Waals surface area (Å²) in [4.78, 5) is 0. The fraction of sp³-hybridized carbons (Fsp3) is 0.733. The normalized spacial score (nSPS) is 7.00. The number of hydrogen-bond acceptors (Lipinski definition) is 0. The number of allylic oxidation sites excluding steroid dienone is 2. The lowest BCUT2D eigenvalue weighted by molar-refractivity contribution is 0.737. The maximum Gasteiger partial charge on any atom is -0.0445 e. The van der Waals surface area contributed by atoms with Gasteiger partial charge in [-0.05, 0) is 26.7 Å². The molecule has 0 unspecified atom stereocenters. The zero-order chi connectivity index (χ0) is 13.3. The van der Waals surface area contributed by atoms with Gasteiger partial charge in [0.1, 0.15) is 0 Å². The molecular weight excluding hydrogens is 180 g/mol. The van der Waals surface area contributed by atoms with E-state index in [1.54, 1.807) is 6.08 Å². The van der Waals surface area contributed by atoms with Crippen LogP contribution >= 0.6 is 0 Å². The van der Waals surface area contributed by atoms with E-state index in [-0.39, 0.29) is 0 Å². The van der Waals surface area contributed by atoms with Gasteiger partial charge in [0.05, 0.1) is 0 Å². The first-order chi connectivity index (χ1) is 6.79. The third-order valence-electron chi connectivity index (χ3n) is 0.500. The van der Waals surface area contributed by atoms with Crippen LogP contribution in [-0.2, 0) is 0 Å². The third-order valence-corrected chi connectivity index (χ3v) is 0.500. The van der Waals surface area contributed by atoms with Crippen molar-refractivity contribution in [1.29, 1.82) is 0 Å². The summed E-state index contributed by atoms with van der Waals surface area (Å²) in [5.41, 5.74) is 1.17. The molecule has 94 valence electrons. The lowest BCUT2D eigenvalue weighted by atomic mass is 10.3. The second-order valence-corrected chi connectivity index (χ2v) is 4.35. The third kappa shape index (κ3) is 7710. The highest BCUT2D eigenvalue weighted by molar-refractivity contribution is 4.78. The highest BCUT2D eigenvalue weighted by atomic mass is 13.7. The molecule has 0 saturated carbocycles. The molecule has 0 spiro atoms. The van der Waals surface area contributed by atoms with Crippen LogP contribution in [0.4, 0.5) is 0 Å². The van der Waals surface area contributed by atoms with E-state index in [0.29, 0.717) is 0 Å². The summed E-state index contributed by atoms with van der Waals surface area (Å²) >= 11 is 0. The molecule has 0 rings (SSSR count). The average Bonchev–Trinajstić information content (AvgIpc) is 2.03. The van der Waals surface area contributed by atoms with Gasteiger partial charge in [0, 0.05) is 0 Å². The molecule has 0 fully saturated rings. The van der Waals surface area contributed by atoms with E-state index in [1.807, 2.05) is 20.8 Å². The van der Waals surface area contributed by atoms with E-state index in [0.717, 1.165) is 5.92 Å². The molecule has 0 aliphatic rings. The van der Waals surface area contributed by atoms with Crippen molar-refractivity contribution in [2.45, 2.75) is 68.2 Å². The SMILES string of the molecule is C=C(C)C.C=CC.CC(C)C.CCCC. The molecule has 0 atom stereocenters. The van der Waals surface area contributed by atoms with Gasteiger partial charge in [-0.3, -0.25) is 0 Å². The first-order valence-electron chi connectivity index (χ1n) is 5.99. The largest absolute Gasteiger partial charge is 0.103 e. The van der Waals surface area contributed by atoms with Crippen molar-refractivity contribution in [2.75, 3.05) is 0 Å². The van der Waals surface area contributed by atoms with Gasteiger partial charge in [0.15, 0.2) is 0 Å². The van der Waals surface area contributed by atoms with E-state index in [4.69, 9.17) is 0 Å². The van der Waals surface area contributed by atoms with Gasteiger partial charge in [0.25, 0.3) is 0 Å². The van der Waals surface area contributed by atoms with Gasteiger partial charge < -0.3 is 0 Å². The molecule has 0 nitrogen and oxygen atoms in total. The minimum atomic E-state index is 0.833. The number of rotatable bonds is 1. The summed E-state index contributed by atoms with van der Waals surface area (Å²) < 4.78 is 0. The molecule has 0 aromatic rings. The molecule has 0 N–H and O–H groups in total. The smallest absolute Gasteiger partial charge is 0.0445 e. The van der Waals surface area contributed by atoms with Crippen LogP contribution in [0.15, 0.2) is 24.8 Å². The molecule has 0 aromatic heterocycles. The van der Waals surface area contributed by atoms with Crippen LogP contribution < -0.4 is 0 Å². The van der Waals surface area contributed by atoms with Crippen LogP contribution in [0.5, 0.6) is 0 Å². The van der Waals surface area contributed by atoms with Gasteiger partial charge in [-0.25, -0.2) is 0 Å². The van der Waals surface area contributed by atoms with Crippen LogP contribution in [0, 0.1) is 5.92 Å². The highest BCUT2D eigenvalue weighted by Crippen LogP contribution is 1.81. The van der Waals surface area contributed by atoms with Crippen LogP contribution in [0.1, 0.15) is 68.2 Å². The summed E-state index contributed by atoms with van der Waals surface area (Å²) in [7, 11) is 0. The van der Waals surface area contributed by atoms with Gasteiger partial charge in [-0.15, -0.1) is 13.2 Å². The molecule has 0 amide bonds. The average molecular weight is 214 g/mol. The molecular formula is C15H34. The first-order valence-corrected chi connectivity index (χ1v) is 5.99. The Morgan fingerprint density at radius 2 is 1.13 bits per heavy atom. The van der Waals surface area contributed by atoms with Gasteiger partial charge in [-0.1, -0.05) is 59.1 Å². The minimum absolute atomic E-state index is 0.833. The summed E-state index contributed by atoms with van der Waals surface area (Å²) in [5, 5.41) is 0. The standard InChI is InChI=1S/C4H10.C4H8.C4H10.C3H6/c2*1-4(2)3;1-3-4-2;1-3-2/h4H,1-3H3;1H2,2-3H3;3-4H2,1-2H3;3H,1H2,2H3. The maximum absolute atomic E-state index is 3.56. The molecule has 0 heteroatoms. The van der Waals surface area contributed by atoms with Crippen LogP contribution in [0.25, 0.3) is 0 Å². The van der Waals surface area contributed by atoms with Gasteiger partial charge >= 0.3 is 0 Å². The maximum atomic E-state index is 3.56. The van der Waals surface area contributed by atoms with E-state index in [1.165, 1.54) is 18.4 Å². The molecule has 0 aliphatic carbocycles. The van der Waals surface area contributed by atoms with Crippen molar-refractivity contribution >= 4 is 0 Å². The monoisotopic (exact) mass is 214 g/mol. The zero-order valence-electron chi connectivity index (χ0n) is 12.5. The topological polar surface area (TPSA) is 0 Å². The molecule has 0 aliphatic heterocycles. The lowest BCUT2D eigenvalue weighted by Crippen LogP contribution is -1.66. The van der Waals surface area contributed by atoms with E-state index in [2.05, 4.69) is 47.8 Å². The first kappa shape index (κ1) is 24.0. The summed E-state index contributed by atoms with van der Waals surface area (Å²) in [6.45, 7) is 23.6. The number of unbranched alkanes of at least 4 members (excludes halogenated alkanes) is 1. The van der Waals surface area contributed by atoms with Crippen molar-refractivity contribution in [3.8, 4) is 0 Å². The fourth-order valence-electron chi connectivity index (χ4n) is 0. The summed E-state index contributed by atoms with van der Waals surface area (Å²) in [5.74, 6) is 0.833. The van der Waals surface area contributed by atoms with Gasteiger partial charge in [-0.2, -0.15) is 0 Å². The molecule has 0 heterocycles. The fourth-order valence-corrected chi connectivity index (χ4v) is 0. The zero-order valence-corrected chi connectivity index (χ0v) is 12.5. The Labute approximate surface area is 99.5 Å². The van der Waals surface area contributed by atoms with Gasteiger partial charge in [0.2, 0.25) is 0 Å². The quantitative estimate of drug-likeness (QED) is 0.453.